The van der Waals surface area contributed by atoms with Crippen LogP contribution in [0.1, 0.15) is 23.6 Å². The zero-order valence-corrected chi connectivity index (χ0v) is 13.8. The van der Waals surface area contributed by atoms with Gasteiger partial charge in [-0.05, 0) is 60.1 Å². The highest BCUT2D eigenvalue weighted by Gasteiger charge is 2.08. The number of ether oxygens (including phenoxy) is 1. The summed E-state index contributed by atoms with van der Waals surface area (Å²) in [5.74, 6) is 1.75. The Labute approximate surface area is 129 Å². The number of hydrogen-bond donors (Lipinski definition) is 1. The first-order chi connectivity index (χ1) is 9.60. The minimum Gasteiger partial charge on any atom is -0.456 e. The molecule has 2 rings (SSSR count). The second-order valence-electron chi connectivity index (χ2n) is 4.93. The monoisotopic (exact) mass is 333 g/mol. The van der Waals surface area contributed by atoms with E-state index in [-0.39, 0.29) is 0 Å². The maximum atomic E-state index is 6.06. The van der Waals surface area contributed by atoms with Crippen molar-refractivity contribution < 1.29 is 4.74 Å². The number of nitrogens with one attached hydrogen (secondary N) is 1. The first-order valence-electron chi connectivity index (χ1n) is 6.84. The van der Waals surface area contributed by atoms with Crippen molar-refractivity contribution in [3.8, 4) is 11.5 Å². The largest absolute Gasteiger partial charge is 0.456 e. The van der Waals surface area contributed by atoms with Gasteiger partial charge in [-0.3, -0.25) is 0 Å². The molecule has 0 aromatic heterocycles. The number of benzene rings is 2. The van der Waals surface area contributed by atoms with Crippen molar-refractivity contribution in [1.82, 2.24) is 5.32 Å². The van der Waals surface area contributed by atoms with Crippen molar-refractivity contribution in [3.05, 3.63) is 57.6 Å². The van der Waals surface area contributed by atoms with Crippen molar-refractivity contribution >= 4 is 15.9 Å². The summed E-state index contributed by atoms with van der Waals surface area (Å²) >= 11 is 3.56. The zero-order chi connectivity index (χ0) is 14.5. The molecule has 1 N–H and O–H groups in total. The summed E-state index contributed by atoms with van der Waals surface area (Å²) < 4.78 is 7.04. The van der Waals surface area contributed by atoms with Crippen LogP contribution in [0.25, 0.3) is 0 Å². The lowest BCUT2D eigenvalue weighted by molar-refractivity contribution is 0.470. The van der Waals surface area contributed by atoms with E-state index in [1.165, 1.54) is 16.7 Å². The van der Waals surface area contributed by atoms with Crippen LogP contribution in [0, 0.1) is 13.8 Å². The Morgan fingerprint density at radius 1 is 1.00 bits per heavy atom. The SMILES string of the molecule is CCNCc1cc(C)ccc1Oc1ccc(C)cc1Br. The van der Waals surface area contributed by atoms with Crippen LogP contribution in [0.5, 0.6) is 11.5 Å². The van der Waals surface area contributed by atoms with E-state index in [2.05, 4.69) is 66.3 Å². The van der Waals surface area contributed by atoms with E-state index in [4.69, 9.17) is 4.74 Å². The number of halogens is 1. The Kier molecular flexibility index (Phi) is 5.21. The summed E-state index contributed by atoms with van der Waals surface area (Å²) in [6.07, 6.45) is 0. The summed E-state index contributed by atoms with van der Waals surface area (Å²) in [6, 6.07) is 12.4. The maximum Gasteiger partial charge on any atom is 0.141 e. The molecule has 0 saturated heterocycles. The van der Waals surface area contributed by atoms with E-state index < -0.39 is 0 Å². The van der Waals surface area contributed by atoms with Gasteiger partial charge in [0.2, 0.25) is 0 Å². The van der Waals surface area contributed by atoms with Crippen molar-refractivity contribution in [1.29, 1.82) is 0 Å². The van der Waals surface area contributed by atoms with Gasteiger partial charge in [-0.1, -0.05) is 30.7 Å². The molecule has 106 valence electrons. The molecule has 0 saturated carbocycles. The minimum absolute atomic E-state index is 0.816. The summed E-state index contributed by atoms with van der Waals surface area (Å²) in [6.45, 7) is 8.03. The molecule has 0 aliphatic rings. The summed E-state index contributed by atoms with van der Waals surface area (Å²) in [4.78, 5) is 0. The van der Waals surface area contributed by atoms with Crippen LogP contribution in [-0.2, 0) is 6.54 Å². The van der Waals surface area contributed by atoms with Crippen LogP contribution in [-0.4, -0.2) is 6.54 Å². The molecule has 2 nitrogen and oxygen atoms in total. The van der Waals surface area contributed by atoms with Crippen LogP contribution in [0.2, 0.25) is 0 Å². The van der Waals surface area contributed by atoms with Gasteiger partial charge in [-0.25, -0.2) is 0 Å². The average molecular weight is 334 g/mol. The Morgan fingerprint density at radius 2 is 1.65 bits per heavy atom. The van der Waals surface area contributed by atoms with Gasteiger partial charge >= 0.3 is 0 Å². The van der Waals surface area contributed by atoms with Crippen LogP contribution in [0.3, 0.4) is 0 Å². The van der Waals surface area contributed by atoms with Crippen molar-refractivity contribution in [3.63, 3.8) is 0 Å². The second kappa shape index (κ2) is 6.91. The maximum absolute atomic E-state index is 6.06. The summed E-state index contributed by atoms with van der Waals surface area (Å²) in [5.41, 5.74) is 3.63. The molecule has 2 aromatic rings. The number of aryl methyl sites for hydroxylation is 2. The molecule has 2 aromatic carbocycles. The molecule has 20 heavy (non-hydrogen) atoms. The van der Waals surface area contributed by atoms with Crippen LogP contribution in [0.15, 0.2) is 40.9 Å². The van der Waals surface area contributed by atoms with E-state index in [1.54, 1.807) is 0 Å². The molecule has 0 bridgehead atoms. The lowest BCUT2D eigenvalue weighted by Gasteiger charge is -2.14. The van der Waals surface area contributed by atoms with Crippen molar-refractivity contribution in [2.75, 3.05) is 6.54 Å². The summed E-state index contributed by atoms with van der Waals surface area (Å²) in [7, 11) is 0. The van der Waals surface area contributed by atoms with Gasteiger partial charge in [0.05, 0.1) is 4.47 Å². The van der Waals surface area contributed by atoms with Crippen LogP contribution >= 0.6 is 15.9 Å². The quantitative estimate of drug-likeness (QED) is 0.834. The second-order valence-corrected chi connectivity index (χ2v) is 5.78. The molecule has 0 spiro atoms. The molecule has 0 radical (unpaired) electrons. The molecule has 0 aliphatic heterocycles. The zero-order valence-electron chi connectivity index (χ0n) is 12.2. The molecular formula is C17H20BrNO. The predicted octanol–water partition coefficient (Wildman–Crippen LogP) is 4.97. The van der Waals surface area contributed by atoms with E-state index in [0.717, 1.165) is 29.1 Å². The smallest absolute Gasteiger partial charge is 0.141 e. The number of hydrogen-bond acceptors (Lipinski definition) is 2. The Hall–Kier alpha value is -1.32. The Balaban J connectivity index is 2.27. The average Bonchev–Trinajstić information content (AvgIpc) is 2.41. The topological polar surface area (TPSA) is 21.3 Å². The van der Waals surface area contributed by atoms with Crippen molar-refractivity contribution in [2.45, 2.75) is 27.3 Å². The molecule has 0 amide bonds. The van der Waals surface area contributed by atoms with E-state index in [0.29, 0.717) is 0 Å². The highest BCUT2D eigenvalue weighted by atomic mass is 79.9. The molecule has 0 fully saturated rings. The molecular weight excluding hydrogens is 314 g/mol. The fourth-order valence-corrected chi connectivity index (χ4v) is 2.59. The fraction of sp³-hybridized carbons (Fsp3) is 0.294. The van der Waals surface area contributed by atoms with Gasteiger partial charge in [0.15, 0.2) is 0 Å². The third kappa shape index (κ3) is 3.84. The minimum atomic E-state index is 0.816. The normalized spacial score (nSPS) is 10.6. The molecule has 0 aliphatic carbocycles. The highest BCUT2D eigenvalue weighted by molar-refractivity contribution is 9.10. The standard InChI is InChI=1S/C17H20BrNO/c1-4-19-11-14-9-12(2)5-7-16(14)20-17-8-6-13(3)10-15(17)18/h5-10,19H,4,11H2,1-3H3. The van der Waals surface area contributed by atoms with Gasteiger partial charge in [0.25, 0.3) is 0 Å². The molecule has 0 heterocycles. The molecule has 0 unspecified atom stereocenters. The van der Waals surface area contributed by atoms with Gasteiger partial charge in [-0.15, -0.1) is 0 Å². The first-order valence-corrected chi connectivity index (χ1v) is 7.63. The van der Waals surface area contributed by atoms with E-state index in [9.17, 15) is 0 Å². The van der Waals surface area contributed by atoms with Gasteiger partial charge in [-0.2, -0.15) is 0 Å². The van der Waals surface area contributed by atoms with Gasteiger partial charge in [0, 0.05) is 12.1 Å². The molecule has 3 heteroatoms. The lowest BCUT2D eigenvalue weighted by Crippen LogP contribution is -2.12. The first kappa shape index (κ1) is 15.1. The predicted molar refractivity (Wildman–Crippen MR) is 87.5 cm³/mol. The third-order valence-electron chi connectivity index (χ3n) is 3.09. The number of rotatable bonds is 5. The highest BCUT2D eigenvalue weighted by Crippen LogP contribution is 2.32. The van der Waals surface area contributed by atoms with Gasteiger partial charge < -0.3 is 10.1 Å². The summed E-state index contributed by atoms with van der Waals surface area (Å²) in [5, 5.41) is 3.35. The Morgan fingerprint density at radius 3 is 2.30 bits per heavy atom. The van der Waals surface area contributed by atoms with E-state index in [1.807, 2.05) is 12.1 Å². The fourth-order valence-electron chi connectivity index (χ4n) is 2.01. The third-order valence-corrected chi connectivity index (χ3v) is 3.71. The van der Waals surface area contributed by atoms with Crippen LogP contribution in [0.4, 0.5) is 0 Å². The Bertz CT molecular complexity index is 596. The van der Waals surface area contributed by atoms with Crippen molar-refractivity contribution in [2.24, 2.45) is 0 Å². The van der Waals surface area contributed by atoms with Gasteiger partial charge in [0.1, 0.15) is 11.5 Å². The lowest BCUT2D eigenvalue weighted by atomic mass is 10.1. The van der Waals surface area contributed by atoms with Crippen LogP contribution < -0.4 is 10.1 Å². The molecule has 0 atom stereocenters. The van der Waals surface area contributed by atoms with E-state index >= 15 is 0 Å².